The summed E-state index contributed by atoms with van der Waals surface area (Å²) < 4.78 is 24.2. The molecule has 0 heterocycles. The molecule has 1 rings (SSSR count). The summed E-state index contributed by atoms with van der Waals surface area (Å²) in [5.74, 6) is 0.126. The molecule has 0 fully saturated rings. The SMILES string of the molecule is COc1cc(F)c(C(C)NC(=O)CCC(C)N)cc1OC.Cl. The molecule has 0 bridgehead atoms. The summed E-state index contributed by atoms with van der Waals surface area (Å²) in [4.78, 5) is 11.8. The Hall–Kier alpha value is -1.53. The average Bonchev–Trinajstić information content (AvgIpc) is 2.44. The molecule has 2 atom stereocenters. The minimum absolute atomic E-state index is 0. The maximum Gasteiger partial charge on any atom is 0.220 e. The van der Waals surface area contributed by atoms with E-state index in [2.05, 4.69) is 5.32 Å². The molecule has 1 amide bonds. The molecule has 3 N–H and O–H groups in total. The summed E-state index contributed by atoms with van der Waals surface area (Å²) in [6.45, 7) is 3.55. The smallest absolute Gasteiger partial charge is 0.220 e. The molecule has 0 radical (unpaired) electrons. The van der Waals surface area contributed by atoms with E-state index in [0.717, 1.165) is 0 Å². The van der Waals surface area contributed by atoms with Crippen LogP contribution in [0.15, 0.2) is 12.1 Å². The van der Waals surface area contributed by atoms with Crippen LogP contribution in [0.5, 0.6) is 11.5 Å². The highest BCUT2D eigenvalue weighted by molar-refractivity contribution is 5.85. The first-order valence-electron chi connectivity index (χ1n) is 6.85. The lowest BCUT2D eigenvalue weighted by Crippen LogP contribution is -2.28. The molecule has 0 saturated carbocycles. The van der Waals surface area contributed by atoms with Gasteiger partial charge in [-0.2, -0.15) is 0 Å². The highest BCUT2D eigenvalue weighted by atomic mass is 35.5. The largest absolute Gasteiger partial charge is 0.493 e. The molecule has 2 unspecified atom stereocenters. The van der Waals surface area contributed by atoms with Crippen molar-refractivity contribution in [1.29, 1.82) is 0 Å². The Morgan fingerprint density at radius 1 is 1.27 bits per heavy atom. The second kappa shape index (κ2) is 9.48. The van der Waals surface area contributed by atoms with Gasteiger partial charge in [0.05, 0.1) is 20.3 Å². The molecule has 5 nitrogen and oxygen atoms in total. The van der Waals surface area contributed by atoms with Crippen LogP contribution in [-0.4, -0.2) is 26.2 Å². The molecule has 126 valence electrons. The Bertz CT molecular complexity index is 498. The van der Waals surface area contributed by atoms with Crippen molar-refractivity contribution in [2.24, 2.45) is 5.73 Å². The van der Waals surface area contributed by atoms with Gasteiger partial charge in [-0.25, -0.2) is 4.39 Å². The number of ether oxygens (including phenoxy) is 2. The van der Waals surface area contributed by atoms with E-state index in [4.69, 9.17) is 15.2 Å². The fraction of sp³-hybridized carbons (Fsp3) is 0.533. The first-order valence-corrected chi connectivity index (χ1v) is 6.85. The predicted molar refractivity (Wildman–Crippen MR) is 86.2 cm³/mol. The van der Waals surface area contributed by atoms with Crippen LogP contribution < -0.4 is 20.5 Å². The highest BCUT2D eigenvalue weighted by Crippen LogP contribution is 2.32. The van der Waals surface area contributed by atoms with Crippen molar-refractivity contribution in [1.82, 2.24) is 5.32 Å². The third kappa shape index (κ3) is 5.69. The zero-order chi connectivity index (χ0) is 16.0. The number of methoxy groups -OCH3 is 2. The second-order valence-electron chi connectivity index (χ2n) is 5.03. The van der Waals surface area contributed by atoms with Gasteiger partial charge in [-0.1, -0.05) is 0 Å². The molecule has 1 aromatic rings. The van der Waals surface area contributed by atoms with Gasteiger partial charge in [0.2, 0.25) is 5.91 Å². The third-order valence-electron chi connectivity index (χ3n) is 3.17. The normalized spacial score (nSPS) is 12.8. The number of carbonyl (C=O) groups is 1. The van der Waals surface area contributed by atoms with E-state index in [0.29, 0.717) is 29.9 Å². The Morgan fingerprint density at radius 2 is 1.82 bits per heavy atom. The number of nitrogens with one attached hydrogen (secondary N) is 1. The minimum Gasteiger partial charge on any atom is -0.493 e. The lowest BCUT2D eigenvalue weighted by atomic mass is 10.1. The van der Waals surface area contributed by atoms with E-state index >= 15 is 0 Å². The van der Waals surface area contributed by atoms with Crippen LogP contribution in [0.25, 0.3) is 0 Å². The first-order chi connectivity index (χ1) is 9.88. The fourth-order valence-corrected chi connectivity index (χ4v) is 1.95. The van der Waals surface area contributed by atoms with E-state index in [-0.39, 0.29) is 24.4 Å². The van der Waals surface area contributed by atoms with E-state index in [9.17, 15) is 9.18 Å². The van der Waals surface area contributed by atoms with E-state index < -0.39 is 11.9 Å². The van der Waals surface area contributed by atoms with Gasteiger partial charge in [0.25, 0.3) is 0 Å². The van der Waals surface area contributed by atoms with Crippen molar-refractivity contribution < 1.29 is 18.7 Å². The van der Waals surface area contributed by atoms with Gasteiger partial charge >= 0.3 is 0 Å². The monoisotopic (exact) mass is 334 g/mol. The maximum atomic E-state index is 14.1. The zero-order valence-corrected chi connectivity index (χ0v) is 14.1. The van der Waals surface area contributed by atoms with Crippen molar-refractivity contribution in [2.45, 2.75) is 38.8 Å². The van der Waals surface area contributed by atoms with Crippen LogP contribution >= 0.6 is 12.4 Å². The van der Waals surface area contributed by atoms with Crippen molar-refractivity contribution >= 4 is 18.3 Å². The van der Waals surface area contributed by atoms with Gasteiger partial charge in [0.1, 0.15) is 5.82 Å². The number of halogens is 2. The van der Waals surface area contributed by atoms with Gasteiger partial charge in [0, 0.05) is 24.1 Å². The Morgan fingerprint density at radius 3 is 2.32 bits per heavy atom. The number of benzene rings is 1. The topological polar surface area (TPSA) is 73.6 Å². The van der Waals surface area contributed by atoms with E-state index in [1.165, 1.54) is 26.4 Å². The summed E-state index contributed by atoms with van der Waals surface area (Å²) in [7, 11) is 2.92. The summed E-state index contributed by atoms with van der Waals surface area (Å²) >= 11 is 0. The molecule has 22 heavy (non-hydrogen) atoms. The van der Waals surface area contributed by atoms with Gasteiger partial charge in [-0.3, -0.25) is 4.79 Å². The van der Waals surface area contributed by atoms with Crippen LogP contribution in [0.1, 0.15) is 38.3 Å². The molecule has 7 heteroatoms. The van der Waals surface area contributed by atoms with Crippen molar-refractivity contribution in [3.63, 3.8) is 0 Å². The molecule has 0 spiro atoms. The van der Waals surface area contributed by atoms with Crippen LogP contribution in [0.2, 0.25) is 0 Å². The Kier molecular flexibility index (Phi) is 8.82. The van der Waals surface area contributed by atoms with Gasteiger partial charge in [-0.05, 0) is 26.3 Å². The lowest BCUT2D eigenvalue weighted by Gasteiger charge is -2.18. The molecule has 0 aliphatic heterocycles. The number of rotatable bonds is 7. The standard InChI is InChI=1S/C15H23FN2O3.ClH/c1-9(17)5-6-15(19)18-10(2)11-7-13(20-3)14(21-4)8-12(11)16;/h7-10H,5-6,17H2,1-4H3,(H,18,19);1H. The van der Waals surface area contributed by atoms with Crippen LogP contribution in [0, 0.1) is 5.82 Å². The molecule has 1 aromatic carbocycles. The second-order valence-corrected chi connectivity index (χ2v) is 5.03. The maximum absolute atomic E-state index is 14.1. The van der Waals surface area contributed by atoms with Crippen molar-refractivity contribution in [2.75, 3.05) is 14.2 Å². The lowest BCUT2D eigenvalue weighted by molar-refractivity contribution is -0.121. The van der Waals surface area contributed by atoms with Crippen molar-refractivity contribution in [3.8, 4) is 11.5 Å². The Balaban J connectivity index is 0.00000441. The number of hydrogen-bond acceptors (Lipinski definition) is 4. The first kappa shape index (κ1) is 20.5. The summed E-state index contributed by atoms with van der Waals surface area (Å²) in [5, 5.41) is 2.75. The van der Waals surface area contributed by atoms with E-state index in [1.54, 1.807) is 6.92 Å². The average molecular weight is 335 g/mol. The predicted octanol–water partition coefficient (Wildman–Crippen LogP) is 2.57. The molecular weight excluding hydrogens is 311 g/mol. The summed E-state index contributed by atoms with van der Waals surface area (Å²) in [6.07, 6.45) is 0.907. The van der Waals surface area contributed by atoms with Crippen LogP contribution in [0.4, 0.5) is 4.39 Å². The van der Waals surface area contributed by atoms with Gasteiger partial charge in [-0.15, -0.1) is 12.4 Å². The molecule has 0 saturated heterocycles. The number of hydrogen-bond donors (Lipinski definition) is 2. The molecule has 0 aliphatic carbocycles. The molecular formula is C15H24ClFN2O3. The molecule has 0 aromatic heterocycles. The highest BCUT2D eigenvalue weighted by Gasteiger charge is 2.17. The fourth-order valence-electron chi connectivity index (χ4n) is 1.95. The quantitative estimate of drug-likeness (QED) is 0.803. The number of carbonyl (C=O) groups excluding carboxylic acids is 1. The van der Waals surface area contributed by atoms with E-state index in [1.807, 2.05) is 6.92 Å². The van der Waals surface area contributed by atoms with Gasteiger partial charge in [0.15, 0.2) is 11.5 Å². The summed E-state index contributed by atoms with van der Waals surface area (Å²) in [5.41, 5.74) is 5.96. The number of amides is 1. The van der Waals surface area contributed by atoms with Crippen molar-refractivity contribution in [3.05, 3.63) is 23.5 Å². The molecule has 0 aliphatic rings. The van der Waals surface area contributed by atoms with Gasteiger partial charge < -0.3 is 20.5 Å². The zero-order valence-electron chi connectivity index (χ0n) is 13.3. The third-order valence-corrected chi connectivity index (χ3v) is 3.17. The minimum atomic E-state index is -0.467. The van der Waals surface area contributed by atoms with Crippen LogP contribution in [0.3, 0.4) is 0 Å². The Labute approximate surface area is 136 Å². The number of nitrogens with two attached hydrogens (primary N) is 1. The van der Waals surface area contributed by atoms with Crippen LogP contribution in [-0.2, 0) is 4.79 Å². The summed E-state index contributed by atoms with van der Waals surface area (Å²) in [6, 6.07) is 2.28.